The quantitative estimate of drug-likeness (QED) is 0.743. The first-order chi connectivity index (χ1) is 8.05. The molecule has 5 heteroatoms. The van der Waals surface area contributed by atoms with Crippen LogP contribution in [0.5, 0.6) is 0 Å². The highest BCUT2D eigenvalue weighted by molar-refractivity contribution is 5.46. The molecule has 0 saturated carbocycles. The van der Waals surface area contributed by atoms with Crippen LogP contribution in [0.25, 0.3) is 0 Å². The van der Waals surface area contributed by atoms with Crippen molar-refractivity contribution in [2.45, 2.75) is 18.8 Å². The van der Waals surface area contributed by atoms with Gasteiger partial charge in [-0.15, -0.1) is 0 Å². The maximum Gasteiger partial charge on any atom is 0.180 e. The second-order valence-corrected chi connectivity index (χ2v) is 4.06. The maximum absolute atomic E-state index is 13.1. The molecule has 0 spiro atoms. The summed E-state index contributed by atoms with van der Waals surface area (Å²) >= 11 is 0. The van der Waals surface area contributed by atoms with Crippen LogP contribution < -0.4 is 11.1 Å². The van der Waals surface area contributed by atoms with Crippen LogP contribution in [-0.2, 0) is 9.47 Å². The first kappa shape index (κ1) is 13.9. The Morgan fingerprint density at radius 2 is 2.06 bits per heavy atom. The van der Waals surface area contributed by atoms with Gasteiger partial charge in [-0.05, 0) is 25.1 Å². The third kappa shape index (κ3) is 3.39. The predicted molar refractivity (Wildman–Crippen MR) is 65.3 cm³/mol. The van der Waals surface area contributed by atoms with Crippen LogP contribution in [0.1, 0.15) is 6.92 Å². The van der Waals surface area contributed by atoms with Crippen molar-refractivity contribution in [2.75, 3.05) is 26.1 Å². The molecule has 0 fully saturated rings. The van der Waals surface area contributed by atoms with Crippen LogP contribution in [0.3, 0.4) is 0 Å². The Morgan fingerprint density at radius 1 is 1.41 bits per heavy atom. The molecule has 3 N–H and O–H groups in total. The monoisotopic (exact) mass is 242 g/mol. The number of rotatable bonds is 6. The molecule has 1 aromatic rings. The molecule has 96 valence electrons. The summed E-state index contributed by atoms with van der Waals surface area (Å²) < 4.78 is 23.5. The van der Waals surface area contributed by atoms with E-state index in [0.29, 0.717) is 5.69 Å². The molecule has 0 saturated heterocycles. The zero-order chi connectivity index (χ0) is 12.9. The van der Waals surface area contributed by atoms with Crippen molar-refractivity contribution < 1.29 is 13.9 Å². The fraction of sp³-hybridized carbons (Fsp3) is 0.500. The Bertz CT molecular complexity index is 358. The molecule has 0 aliphatic carbocycles. The highest BCUT2D eigenvalue weighted by atomic mass is 19.1. The summed E-state index contributed by atoms with van der Waals surface area (Å²) in [5.74, 6) is -0.305. The summed E-state index contributed by atoms with van der Waals surface area (Å²) in [5, 5.41) is 3.13. The molecule has 0 aliphatic heterocycles. The van der Waals surface area contributed by atoms with Gasteiger partial charge in [-0.2, -0.15) is 0 Å². The molecule has 0 aliphatic rings. The van der Waals surface area contributed by atoms with Crippen LogP contribution in [0, 0.1) is 5.82 Å². The molecule has 1 unspecified atom stereocenters. The number of nitrogens with one attached hydrogen (secondary N) is 1. The second kappa shape index (κ2) is 5.95. The minimum absolute atomic E-state index is 0.288. The van der Waals surface area contributed by atoms with Crippen molar-refractivity contribution in [1.82, 2.24) is 0 Å². The summed E-state index contributed by atoms with van der Waals surface area (Å²) in [6, 6.07) is 6.17. The predicted octanol–water partition coefficient (Wildman–Crippen LogP) is 1.57. The average molecular weight is 242 g/mol. The number of anilines is 1. The lowest BCUT2D eigenvalue weighted by atomic mass is 10.0. The van der Waals surface area contributed by atoms with Gasteiger partial charge >= 0.3 is 0 Å². The number of halogens is 1. The average Bonchev–Trinajstić information content (AvgIpc) is 2.30. The van der Waals surface area contributed by atoms with E-state index in [2.05, 4.69) is 5.32 Å². The lowest BCUT2D eigenvalue weighted by Crippen LogP contribution is -2.54. The molecule has 4 nitrogen and oxygen atoms in total. The number of benzene rings is 1. The molecular formula is C12H19FN2O2. The van der Waals surface area contributed by atoms with Gasteiger partial charge in [-0.1, -0.05) is 6.07 Å². The van der Waals surface area contributed by atoms with Gasteiger partial charge in [0, 0.05) is 26.5 Å². The molecular weight excluding hydrogens is 223 g/mol. The van der Waals surface area contributed by atoms with Crippen molar-refractivity contribution in [2.24, 2.45) is 5.73 Å². The number of methoxy groups -OCH3 is 2. The van der Waals surface area contributed by atoms with Crippen molar-refractivity contribution >= 4 is 5.69 Å². The van der Waals surface area contributed by atoms with E-state index in [4.69, 9.17) is 15.2 Å². The number of ether oxygens (including phenoxy) is 2. The molecule has 0 bridgehead atoms. The SMILES string of the molecule is COC(OC)C(C)(CN)Nc1cccc(F)c1. The van der Waals surface area contributed by atoms with Crippen molar-refractivity contribution in [3.63, 3.8) is 0 Å². The zero-order valence-corrected chi connectivity index (χ0v) is 10.4. The minimum atomic E-state index is -0.628. The van der Waals surface area contributed by atoms with E-state index >= 15 is 0 Å². The molecule has 1 rings (SSSR count). The second-order valence-electron chi connectivity index (χ2n) is 4.06. The smallest absolute Gasteiger partial charge is 0.180 e. The lowest BCUT2D eigenvalue weighted by molar-refractivity contribution is -0.134. The Balaban J connectivity index is 2.88. The van der Waals surface area contributed by atoms with Gasteiger partial charge in [0.1, 0.15) is 5.82 Å². The summed E-state index contributed by atoms with van der Waals surface area (Å²) in [6.45, 7) is 2.14. The summed E-state index contributed by atoms with van der Waals surface area (Å²) in [4.78, 5) is 0. The molecule has 0 amide bonds. The topological polar surface area (TPSA) is 56.5 Å². The lowest BCUT2D eigenvalue weighted by Gasteiger charge is -2.36. The van der Waals surface area contributed by atoms with Gasteiger partial charge in [-0.25, -0.2) is 4.39 Å². The van der Waals surface area contributed by atoms with Crippen LogP contribution in [0.15, 0.2) is 24.3 Å². The van der Waals surface area contributed by atoms with E-state index in [1.807, 2.05) is 6.92 Å². The number of hydrogen-bond acceptors (Lipinski definition) is 4. The van der Waals surface area contributed by atoms with Crippen LogP contribution in [0.2, 0.25) is 0 Å². The van der Waals surface area contributed by atoms with Gasteiger partial charge in [0.15, 0.2) is 6.29 Å². The van der Waals surface area contributed by atoms with Crippen LogP contribution in [0.4, 0.5) is 10.1 Å². The highest BCUT2D eigenvalue weighted by Gasteiger charge is 2.33. The Labute approximate surface area is 101 Å². The van der Waals surface area contributed by atoms with Gasteiger partial charge < -0.3 is 20.5 Å². The Kier molecular flexibility index (Phi) is 4.86. The van der Waals surface area contributed by atoms with Crippen molar-refractivity contribution in [1.29, 1.82) is 0 Å². The molecule has 1 atom stereocenters. The minimum Gasteiger partial charge on any atom is -0.374 e. The molecule has 0 radical (unpaired) electrons. The fourth-order valence-electron chi connectivity index (χ4n) is 1.72. The van der Waals surface area contributed by atoms with Crippen molar-refractivity contribution in [3.05, 3.63) is 30.1 Å². The third-order valence-electron chi connectivity index (χ3n) is 2.63. The third-order valence-corrected chi connectivity index (χ3v) is 2.63. The normalized spacial score (nSPS) is 14.7. The molecule has 1 aromatic carbocycles. The van der Waals surface area contributed by atoms with E-state index < -0.39 is 11.8 Å². The van der Waals surface area contributed by atoms with Crippen LogP contribution >= 0.6 is 0 Å². The Hall–Kier alpha value is -1.17. The standard InChI is InChI=1S/C12H19FN2O2/c1-12(8-14,11(16-2)17-3)15-10-6-4-5-9(13)7-10/h4-7,11,15H,8,14H2,1-3H3. The molecule has 0 heterocycles. The van der Waals surface area contributed by atoms with Gasteiger partial charge in [0.05, 0.1) is 5.54 Å². The van der Waals surface area contributed by atoms with E-state index in [1.54, 1.807) is 12.1 Å². The van der Waals surface area contributed by atoms with Crippen molar-refractivity contribution in [3.8, 4) is 0 Å². The maximum atomic E-state index is 13.1. The van der Waals surface area contributed by atoms with Gasteiger partial charge in [0.2, 0.25) is 0 Å². The molecule has 17 heavy (non-hydrogen) atoms. The molecule has 0 aromatic heterocycles. The first-order valence-corrected chi connectivity index (χ1v) is 5.35. The van der Waals surface area contributed by atoms with Gasteiger partial charge in [0.25, 0.3) is 0 Å². The Morgan fingerprint density at radius 3 is 2.53 bits per heavy atom. The number of hydrogen-bond donors (Lipinski definition) is 2. The van der Waals surface area contributed by atoms with Gasteiger partial charge in [-0.3, -0.25) is 0 Å². The first-order valence-electron chi connectivity index (χ1n) is 5.35. The summed E-state index contributed by atoms with van der Waals surface area (Å²) in [5.41, 5.74) is 5.74. The largest absolute Gasteiger partial charge is 0.374 e. The number of nitrogens with two attached hydrogens (primary N) is 1. The van der Waals surface area contributed by atoms with E-state index in [0.717, 1.165) is 0 Å². The zero-order valence-electron chi connectivity index (χ0n) is 10.4. The fourth-order valence-corrected chi connectivity index (χ4v) is 1.72. The summed E-state index contributed by atoms with van der Waals surface area (Å²) in [7, 11) is 3.07. The van der Waals surface area contributed by atoms with E-state index in [-0.39, 0.29) is 12.4 Å². The van der Waals surface area contributed by atoms with E-state index in [1.165, 1.54) is 26.4 Å². The highest BCUT2D eigenvalue weighted by Crippen LogP contribution is 2.20. The van der Waals surface area contributed by atoms with E-state index in [9.17, 15) is 4.39 Å². The van der Waals surface area contributed by atoms with Crippen LogP contribution in [-0.4, -0.2) is 32.6 Å². The summed E-state index contributed by atoms with van der Waals surface area (Å²) in [6.07, 6.45) is -0.518.